The summed E-state index contributed by atoms with van der Waals surface area (Å²) in [6.45, 7) is 4.98. The molecule has 1 unspecified atom stereocenters. The van der Waals surface area contributed by atoms with Crippen LogP contribution in [0.5, 0.6) is 0 Å². The van der Waals surface area contributed by atoms with E-state index in [0.717, 1.165) is 5.22 Å². The Morgan fingerprint density at radius 3 is 2.61 bits per heavy atom. The first-order chi connectivity index (χ1) is 8.36. The first-order valence-corrected chi connectivity index (χ1v) is 5.88. The molecule has 0 bridgehead atoms. The highest BCUT2D eigenvalue weighted by atomic mass is 16.6. The largest absolute Gasteiger partial charge is 0.458 e. The number of carbonyl (C=O) groups is 1. The van der Waals surface area contributed by atoms with Crippen LogP contribution in [0.25, 0.3) is 6.08 Å². The van der Waals surface area contributed by atoms with Crippen LogP contribution in [0.1, 0.15) is 20.8 Å². The number of carbonyl (C=O) groups excluding carboxylic acids is 1. The van der Waals surface area contributed by atoms with E-state index in [1.807, 2.05) is 24.3 Å². The Balaban J connectivity index is 2.42. The first kappa shape index (κ1) is 12.8. The Labute approximate surface area is 106 Å². The molecule has 4 heteroatoms. The summed E-state index contributed by atoms with van der Waals surface area (Å²) in [6.07, 6.45) is 1.66. The molecule has 0 aliphatic carbocycles. The quantitative estimate of drug-likeness (QED) is 0.758. The smallest absolute Gasteiger partial charge is 0.341 e. The summed E-state index contributed by atoms with van der Waals surface area (Å²) in [6, 6.07) is 7.39. The van der Waals surface area contributed by atoms with E-state index in [-0.39, 0.29) is 0 Å². The summed E-state index contributed by atoms with van der Waals surface area (Å²) < 4.78 is 5.32. The highest BCUT2D eigenvalue weighted by Gasteiger charge is 2.40. The van der Waals surface area contributed by atoms with Gasteiger partial charge in [-0.25, -0.2) is 4.79 Å². The van der Waals surface area contributed by atoms with Crippen LogP contribution in [-0.4, -0.2) is 28.8 Å². The average Bonchev–Trinajstić information content (AvgIpc) is 2.66. The monoisotopic (exact) mass is 247 g/mol. The minimum Gasteiger partial charge on any atom is -0.458 e. The molecule has 1 atom stereocenters. The summed E-state index contributed by atoms with van der Waals surface area (Å²) in [4.78, 5) is 16.5. The van der Waals surface area contributed by atoms with Crippen molar-refractivity contribution in [3.8, 4) is 0 Å². The molecule has 1 heterocycles. The number of benzene rings is 1. The zero-order valence-corrected chi connectivity index (χ0v) is 10.8. The van der Waals surface area contributed by atoms with Crippen LogP contribution in [0.2, 0.25) is 0 Å². The van der Waals surface area contributed by atoms with Crippen LogP contribution < -0.4 is 10.6 Å². The van der Waals surface area contributed by atoms with Crippen molar-refractivity contribution in [2.45, 2.75) is 31.9 Å². The minimum absolute atomic E-state index is 0.392. The van der Waals surface area contributed by atoms with E-state index < -0.39 is 23.7 Å². The fourth-order valence-electron chi connectivity index (χ4n) is 1.83. The third kappa shape index (κ3) is 2.29. The van der Waals surface area contributed by atoms with Gasteiger partial charge in [-0.2, -0.15) is 0 Å². The molecule has 0 radical (unpaired) electrons. The van der Waals surface area contributed by atoms with E-state index >= 15 is 0 Å². The standard InChI is InChI=1S/C14H17NO3/c1-13(2,3)18-12(17)14(9-16)8-10-6-4-5-7-11(10)15-14/h4-8,16H,9H2,1-3H3. The number of rotatable bonds is 2. The van der Waals surface area contributed by atoms with Gasteiger partial charge in [-0.1, -0.05) is 18.2 Å². The molecule has 0 aromatic heterocycles. The Morgan fingerprint density at radius 1 is 1.39 bits per heavy atom. The number of para-hydroxylation sites is 1. The lowest BCUT2D eigenvalue weighted by atomic mass is 10.0. The van der Waals surface area contributed by atoms with Crippen molar-refractivity contribution in [3.05, 3.63) is 34.8 Å². The number of fused-ring (bicyclic) bond motifs is 1. The molecule has 0 spiro atoms. The van der Waals surface area contributed by atoms with Crippen LogP contribution >= 0.6 is 0 Å². The number of ether oxygens (including phenoxy) is 1. The lowest BCUT2D eigenvalue weighted by molar-refractivity contribution is -0.160. The molecule has 1 aliphatic rings. The van der Waals surface area contributed by atoms with Crippen LogP contribution in [0.3, 0.4) is 0 Å². The lowest BCUT2D eigenvalue weighted by Crippen LogP contribution is -2.42. The third-order valence-corrected chi connectivity index (χ3v) is 2.64. The Hall–Kier alpha value is -1.68. The molecule has 4 nitrogen and oxygen atoms in total. The topological polar surface area (TPSA) is 58.9 Å². The van der Waals surface area contributed by atoms with Crippen molar-refractivity contribution in [2.24, 2.45) is 4.99 Å². The van der Waals surface area contributed by atoms with E-state index in [1.165, 1.54) is 0 Å². The molecule has 0 amide bonds. The van der Waals surface area contributed by atoms with Crippen LogP contribution in [0.4, 0.5) is 0 Å². The van der Waals surface area contributed by atoms with Gasteiger partial charge in [-0.15, -0.1) is 0 Å². The van der Waals surface area contributed by atoms with Crippen molar-refractivity contribution >= 4 is 12.0 Å². The molecular formula is C14H17NO3. The van der Waals surface area contributed by atoms with Gasteiger partial charge in [0.25, 0.3) is 0 Å². The lowest BCUT2D eigenvalue weighted by Gasteiger charge is -2.26. The van der Waals surface area contributed by atoms with E-state index in [9.17, 15) is 9.90 Å². The molecular weight excluding hydrogens is 230 g/mol. The summed E-state index contributed by atoms with van der Waals surface area (Å²) in [5, 5.41) is 11.1. The molecule has 2 rings (SSSR count). The van der Waals surface area contributed by atoms with E-state index in [4.69, 9.17) is 4.74 Å². The van der Waals surface area contributed by atoms with Gasteiger partial charge in [0, 0.05) is 0 Å². The number of hydrogen-bond donors (Lipinski definition) is 1. The number of esters is 1. The van der Waals surface area contributed by atoms with Gasteiger partial charge < -0.3 is 9.84 Å². The normalized spacial score (nSPS) is 21.8. The highest BCUT2D eigenvalue weighted by molar-refractivity contribution is 5.90. The molecule has 0 saturated carbocycles. The molecule has 18 heavy (non-hydrogen) atoms. The Morgan fingerprint density at radius 2 is 2.06 bits per heavy atom. The molecule has 1 N–H and O–H groups in total. The van der Waals surface area contributed by atoms with Gasteiger partial charge in [-0.05, 0) is 38.1 Å². The van der Waals surface area contributed by atoms with Gasteiger partial charge in [0.1, 0.15) is 5.60 Å². The predicted molar refractivity (Wildman–Crippen MR) is 67.3 cm³/mol. The maximum Gasteiger partial charge on any atom is 0.341 e. The van der Waals surface area contributed by atoms with Gasteiger partial charge >= 0.3 is 5.97 Å². The summed E-state index contributed by atoms with van der Waals surface area (Å²) in [5.74, 6) is -0.520. The van der Waals surface area contributed by atoms with Crippen molar-refractivity contribution < 1.29 is 14.6 Å². The fraction of sp³-hybridized carbons (Fsp3) is 0.429. The second-order valence-corrected chi connectivity index (χ2v) is 5.40. The van der Waals surface area contributed by atoms with Crippen molar-refractivity contribution in [1.82, 2.24) is 0 Å². The van der Waals surface area contributed by atoms with Crippen LogP contribution in [-0.2, 0) is 9.53 Å². The molecule has 1 aromatic carbocycles. The maximum atomic E-state index is 12.2. The first-order valence-electron chi connectivity index (χ1n) is 5.88. The molecule has 0 fully saturated rings. The SMILES string of the molecule is CC(C)(C)OC(=O)C1(CO)C=c2ccccc2=N1. The predicted octanol–water partition coefficient (Wildman–Crippen LogP) is 0.173. The molecule has 96 valence electrons. The maximum absolute atomic E-state index is 12.2. The number of aliphatic hydroxyl groups excluding tert-OH is 1. The number of hydrogen-bond acceptors (Lipinski definition) is 4. The van der Waals surface area contributed by atoms with Gasteiger partial charge in [0.2, 0.25) is 0 Å². The summed E-state index contributed by atoms with van der Waals surface area (Å²) >= 11 is 0. The van der Waals surface area contributed by atoms with E-state index in [2.05, 4.69) is 4.99 Å². The van der Waals surface area contributed by atoms with Crippen LogP contribution in [0, 0.1) is 0 Å². The Bertz CT molecular complexity index is 549. The summed E-state index contributed by atoms with van der Waals surface area (Å²) in [5.41, 5.74) is -1.89. The van der Waals surface area contributed by atoms with Gasteiger partial charge in [0.15, 0.2) is 5.54 Å². The van der Waals surface area contributed by atoms with Gasteiger partial charge in [-0.3, -0.25) is 4.99 Å². The van der Waals surface area contributed by atoms with Crippen molar-refractivity contribution in [3.63, 3.8) is 0 Å². The molecule has 1 aromatic rings. The number of nitrogens with zero attached hydrogens (tertiary/aromatic N) is 1. The van der Waals surface area contributed by atoms with E-state index in [1.54, 1.807) is 26.8 Å². The van der Waals surface area contributed by atoms with Crippen LogP contribution in [0.15, 0.2) is 29.3 Å². The molecule has 1 aliphatic heterocycles. The summed E-state index contributed by atoms with van der Waals surface area (Å²) in [7, 11) is 0. The second kappa shape index (κ2) is 4.21. The highest BCUT2D eigenvalue weighted by Crippen LogP contribution is 2.20. The zero-order chi connectivity index (χ0) is 13.4. The fourth-order valence-corrected chi connectivity index (χ4v) is 1.83. The second-order valence-electron chi connectivity index (χ2n) is 5.40. The molecule has 0 saturated heterocycles. The van der Waals surface area contributed by atoms with Gasteiger partial charge in [0.05, 0.1) is 12.0 Å². The third-order valence-electron chi connectivity index (χ3n) is 2.64. The number of aliphatic hydroxyl groups is 1. The zero-order valence-electron chi connectivity index (χ0n) is 10.8. The Kier molecular flexibility index (Phi) is 2.99. The van der Waals surface area contributed by atoms with Crippen molar-refractivity contribution in [1.29, 1.82) is 0 Å². The average molecular weight is 247 g/mol. The minimum atomic E-state index is -1.29. The van der Waals surface area contributed by atoms with E-state index in [0.29, 0.717) is 5.36 Å². The van der Waals surface area contributed by atoms with Crippen molar-refractivity contribution in [2.75, 3.05) is 6.61 Å².